The second-order valence-electron chi connectivity index (χ2n) is 2.84. The molecule has 12 heavy (non-hydrogen) atoms. The SMILES string of the molecule is O=C1CC=CCC(=O)CC=CC1. The molecule has 1 rings (SSSR count). The summed E-state index contributed by atoms with van der Waals surface area (Å²) >= 11 is 0. The Labute approximate surface area is 72.0 Å². The van der Waals surface area contributed by atoms with E-state index in [0.29, 0.717) is 25.7 Å². The van der Waals surface area contributed by atoms with Crippen molar-refractivity contribution in [1.29, 1.82) is 0 Å². The zero-order valence-electron chi connectivity index (χ0n) is 6.95. The zero-order valence-corrected chi connectivity index (χ0v) is 6.95. The molecule has 0 aromatic heterocycles. The van der Waals surface area contributed by atoms with Crippen molar-refractivity contribution in [1.82, 2.24) is 0 Å². The molecule has 0 bridgehead atoms. The summed E-state index contributed by atoms with van der Waals surface area (Å²) in [6.45, 7) is 0. The van der Waals surface area contributed by atoms with Crippen LogP contribution in [0, 0.1) is 0 Å². The van der Waals surface area contributed by atoms with Crippen molar-refractivity contribution in [2.24, 2.45) is 0 Å². The maximum absolute atomic E-state index is 11.0. The van der Waals surface area contributed by atoms with Gasteiger partial charge in [0.1, 0.15) is 11.6 Å². The molecule has 0 aromatic rings. The molecule has 0 N–H and O–H groups in total. The van der Waals surface area contributed by atoms with Crippen LogP contribution in [0.2, 0.25) is 0 Å². The third-order valence-corrected chi connectivity index (χ3v) is 1.72. The smallest absolute Gasteiger partial charge is 0.140 e. The lowest BCUT2D eigenvalue weighted by Gasteiger charge is -1.95. The zero-order chi connectivity index (χ0) is 8.81. The lowest BCUT2D eigenvalue weighted by atomic mass is 10.1. The van der Waals surface area contributed by atoms with Gasteiger partial charge in [-0.15, -0.1) is 0 Å². The number of carbonyl (C=O) groups excluding carboxylic acids is 2. The first-order valence-corrected chi connectivity index (χ1v) is 4.12. The predicted octanol–water partition coefficient (Wildman–Crippen LogP) is 1.81. The molecular weight excluding hydrogens is 152 g/mol. The van der Waals surface area contributed by atoms with Gasteiger partial charge in [0.05, 0.1) is 0 Å². The van der Waals surface area contributed by atoms with E-state index < -0.39 is 0 Å². The molecule has 2 nitrogen and oxygen atoms in total. The van der Waals surface area contributed by atoms with Crippen LogP contribution in [-0.4, -0.2) is 11.6 Å². The van der Waals surface area contributed by atoms with Crippen molar-refractivity contribution in [3.05, 3.63) is 24.3 Å². The predicted molar refractivity (Wildman–Crippen MR) is 46.8 cm³/mol. The van der Waals surface area contributed by atoms with E-state index in [2.05, 4.69) is 0 Å². The number of Topliss-reactive ketones (excluding diaryl/α,β-unsaturated/α-hetero) is 2. The third-order valence-electron chi connectivity index (χ3n) is 1.72. The third kappa shape index (κ3) is 3.28. The Balaban J connectivity index is 2.54. The minimum Gasteiger partial charge on any atom is -0.299 e. The van der Waals surface area contributed by atoms with Gasteiger partial charge in [-0.25, -0.2) is 0 Å². The lowest BCUT2D eigenvalue weighted by Crippen LogP contribution is -1.97. The highest BCUT2D eigenvalue weighted by molar-refractivity contribution is 5.84. The van der Waals surface area contributed by atoms with Crippen LogP contribution < -0.4 is 0 Å². The van der Waals surface area contributed by atoms with Gasteiger partial charge < -0.3 is 0 Å². The first-order valence-electron chi connectivity index (χ1n) is 4.12. The van der Waals surface area contributed by atoms with Crippen LogP contribution >= 0.6 is 0 Å². The van der Waals surface area contributed by atoms with Crippen LogP contribution in [0.4, 0.5) is 0 Å². The van der Waals surface area contributed by atoms with Crippen molar-refractivity contribution >= 4 is 11.6 Å². The summed E-state index contributed by atoms with van der Waals surface area (Å²) in [7, 11) is 0. The highest BCUT2D eigenvalue weighted by Gasteiger charge is 2.00. The number of hydrogen-bond acceptors (Lipinski definition) is 2. The van der Waals surface area contributed by atoms with Crippen molar-refractivity contribution < 1.29 is 9.59 Å². The Kier molecular flexibility index (Phi) is 3.45. The maximum atomic E-state index is 11.0. The van der Waals surface area contributed by atoms with Gasteiger partial charge in [-0.1, -0.05) is 24.3 Å². The van der Waals surface area contributed by atoms with Crippen LogP contribution in [0.3, 0.4) is 0 Å². The highest BCUT2D eigenvalue weighted by Crippen LogP contribution is 2.01. The summed E-state index contributed by atoms with van der Waals surface area (Å²) in [5.74, 6) is 0.411. The topological polar surface area (TPSA) is 34.1 Å². The molecule has 0 fully saturated rings. The van der Waals surface area contributed by atoms with Gasteiger partial charge in [-0.05, 0) is 0 Å². The van der Waals surface area contributed by atoms with E-state index in [-0.39, 0.29) is 11.6 Å². The Morgan fingerprint density at radius 2 is 0.917 bits per heavy atom. The summed E-state index contributed by atoms with van der Waals surface area (Å²) in [6, 6.07) is 0. The maximum Gasteiger partial charge on any atom is 0.140 e. The van der Waals surface area contributed by atoms with Crippen LogP contribution in [0.5, 0.6) is 0 Å². The second-order valence-corrected chi connectivity index (χ2v) is 2.84. The van der Waals surface area contributed by atoms with E-state index in [1.807, 2.05) is 0 Å². The average molecular weight is 164 g/mol. The van der Waals surface area contributed by atoms with Crippen LogP contribution in [0.1, 0.15) is 25.7 Å². The van der Waals surface area contributed by atoms with E-state index in [1.165, 1.54) is 0 Å². The Morgan fingerprint density at radius 3 is 1.17 bits per heavy atom. The molecule has 0 spiro atoms. The molecule has 0 saturated heterocycles. The fourth-order valence-electron chi connectivity index (χ4n) is 1.03. The quantitative estimate of drug-likeness (QED) is 0.512. The standard InChI is InChI=1S/C10H12O2/c11-9-5-1-2-6-10(12)8-4-3-7-9/h1-4H,5-8H2. The van der Waals surface area contributed by atoms with Crippen LogP contribution in [-0.2, 0) is 9.59 Å². The number of allylic oxidation sites excluding steroid dienone is 4. The molecule has 0 heterocycles. The first kappa shape index (κ1) is 8.91. The number of ketones is 2. The van der Waals surface area contributed by atoms with Gasteiger partial charge in [-0.3, -0.25) is 9.59 Å². The average Bonchev–Trinajstić information content (AvgIpc) is 2.06. The monoisotopic (exact) mass is 164 g/mol. The second kappa shape index (κ2) is 4.65. The fraction of sp³-hybridized carbons (Fsp3) is 0.400. The molecule has 64 valence electrons. The van der Waals surface area contributed by atoms with Crippen molar-refractivity contribution in [2.45, 2.75) is 25.7 Å². The van der Waals surface area contributed by atoms with Gasteiger partial charge >= 0.3 is 0 Å². The molecule has 1 aliphatic carbocycles. The Bertz CT molecular complexity index is 190. The van der Waals surface area contributed by atoms with E-state index >= 15 is 0 Å². The molecule has 0 amide bonds. The minimum atomic E-state index is 0.205. The Morgan fingerprint density at radius 1 is 0.667 bits per heavy atom. The summed E-state index contributed by atoms with van der Waals surface area (Å²) in [5, 5.41) is 0. The van der Waals surface area contributed by atoms with Gasteiger partial charge in [0.25, 0.3) is 0 Å². The molecule has 1 aliphatic rings. The van der Waals surface area contributed by atoms with Crippen molar-refractivity contribution in [3.63, 3.8) is 0 Å². The van der Waals surface area contributed by atoms with Gasteiger partial charge in [-0.2, -0.15) is 0 Å². The fourth-order valence-corrected chi connectivity index (χ4v) is 1.03. The molecule has 0 aromatic carbocycles. The van der Waals surface area contributed by atoms with Gasteiger partial charge in [0.15, 0.2) is 0 Å². The molecule has 0 aliphatic heterocycles. The van der Waals surface area contributed by atoms with Crippen LogP contribution in [0.25, 0.3) is 0 Å². The summed E-state index contributed by atoms with van der Waals surface area (Å²) in [5.41, 5.74) is 0. The Hall–Kier alpha value is -1.18. The molecule has 0 unspecified atom stereocenters. The molecule has 0 atom stereocenters. The molecule has 0 radical (unpaired) electrons. The number of hydrogen-bond donors (Lipinski definition) is 0. The normalized spacial score (nSPS) is 19.7. The molecule has 0 saturated carbocycles. The van der Waals surface area contributed by atoms with Gasteiger partial charge in [0, 0.05) is 25.7 Å². The van der Waals surface area contributed by atoms with Crippen molar-refractivity contribution in [2.75, 3.05) is 0 Å². The van der Waals surface area contributed by atoms with E-state index in [0.717, 1.165) is 0 Å². The largest absolute Gasteiger partial charge is 0.299 e. The van der Waals surface area contributed by atoms with Crippen molar-refractivity contribution in [3.8, 4) is 0 Å². The van der Waals surface area contributed by atoms with E-state index in [4.69, 9.17) is 0 Å². The lowest BCUT2D eigenvalue weighted by molar-refractivity contribution is -0.118. The molecule has 2 heteroatoms. The minimum absolute atomic E-state index is 0.205. The van der Waals surface area contributed by atoms with Crippen LogP contribution in [0.15, 0.2) is 24.3 Å². The van der Waals surface area contributed by atoms with Gasteiger partial charge in [0.2, 0.25) is 0 Å². The molecular formula is C10H12O2. The van der Waals surface area contributed by atoms with E-state index in [9.17, 15) is 9.59 Å². The highest BCUT2D eigenvalue weighted by atomic mass is 16.1. The summed E-state index contributed by atoms with van der Waals surface area (Å²) in [6.07, 6.45) is 8.93. The first-order chi connectivity index (χ1) is 5.79. The number of rotatable bonds is 0. The van der Waals surface area contributed by atoms with E-state index in [1.54, 1.807) is 24.3 Å². The number of carbonyl (C=O) groups is 2. The summed E-state index contributed by atoms with van der Waals surface area (Å²) in [4.78, 5) is 22.0. The summed E-state index contributed by atoms with van der Waals surface area (Å²) < 4.78 is 0.